The fraction of sp³-hybridized carbons (Fsp3) is 0.333. The molecule has 0 heterocycles. The van der Waals surface area contributed by atoms with Crippen LogP contribution in [0.25, 0.3) is 22.3 Å². The molecule has 0 radical (unpaired) electrons. The normalized spacial score (nSPS) is 10.9. The molecule has 0 amide bonds. The van der Waals surface area contributed by atoms with Crippen LogP contribution in [0.1, 0.15) is 43.4 Å². The average Bonchev–Trinajstić information content (AvgIpc) is 2.77. The van der Waals surface area contributed by atoms with Crippen LogP contribution in [0.3, 0.4) is 0 Å². The van der Waals surface area contributed by atoms with Crippen LogP contribution < -0.4 is 10.6 Å². The number of rotatable bonds is 8. The number of hydrogen-bond acceptors (Lipinski definition) is 2. The Labute approximate surface area is 180 Å². The van der Waals surface area contributed by atoms with E-state index in [1.54, 1.807) is 0 Å². The van der Waals surface area contributed by atoms with Crippen molar-refractivity contribution in [3.63, 3.8) is 0 Å². The van der Waals surface area contributed by atoms with Crippen molar-refractivity contribution in [2.45, 2.75) is 47.5 Å². The van der Waals surface area contributed by atoms with Gasteiger partial charge in [-0.15, -0.1) is 0 Å². The van der Waals surface area contributed by atoms with Crippen LogP contribution in [-0.2, 0) is 0 Å². The van der Waals surface area contributed by atoms with Gasteiger partial charge in [0.1, 0.15) is 5.82 Å². The molecule has 3 heteroatoms. The maximum absolute atomic E-state index is 15.6. The Morgan fingerprint density at radius 1 is 0.600 bits per heavy atom. The Morgan fingerprint density at radius 2 is 1.00 bits per heavy atom. The van der Waals surface area contributed by atoms with Gasteiger partial charge in [-0.1, -0.05) is 38.1 Å². The Balaban J connectivity index is 1.99. The van der Waals surface area contributed by atoms with Crippen LogP contribution in [0.2, 0.25) is 0 Å². The third-order valence-electron chi connectivity index (χ3n) is 5.74. The van der Waals surface area contributed by atoms with Crippen LogP contribution in [0.5, 0.6) is 0 Å². The second-order valence-electron chi connectivity index (χ2n) is 7.95. The van der Waals surface area contributed by atoms with Crippen molar-refractivity contribution in [2.24, 2.45) is 0 Å². The number of anilines is 2. The van der Waals surface area contributed by atoms with Gasteiger partial charge in [-0.3, -0.25) is 0 Å². The molecule has 3 aromatic rings. The second-order valence-corrected chi connectivity index (χ2v) is 7.95. The maximum atomic E-state index is 15.6. The molecular formula is C27H33FN2. The van der Waals surface area contributed by atoms with Gasteiger partial charge in [0.15, 0.2) is 0 Å². The van der Waals surface area contributed by atoms with Gasteiger partial charge in [-0.05, 0) is 91.3 Å². The minimum atomic E-state index is -0.129. The molecule has 3 aromatic carbocycles. The molecule has 0 unspecified atom stereocenters. The van der Waals surface area contributed by atoms with Gasteiger partial charge in [0.25, 0.3) is 0 Å². The summed E-state index contributed by atoms with van der Waals surface area (Å²) in [6.45, 7) is 12.2. The molecule has 0 fully saturated rings. The van der Waals surface area contributed by atoms with Crippen molar-refractivity contribution in [1.29, 1.82) is 0 Å². The van der Waals surface area contributed by atoms with E-state index < -0.39 is 0 Å². The molecule has 3 rings (SSSR count). The number of hydrogen-bond donors (Lipinski definition) is 2. The summed E-state index contributed by atoms with van der Waals surface area (Å²) in [6, 6.07) is 16.4. The maximum Gasteiger partial charge on any atom is 0.134 e. The predicted octanol–water partition coefficient (Wildman–Crippen LogP) is 7.73. The standard InChI is InChI=1S/C27H33FN2/c1-6-16-29-23-12-8-21(9-13-23)25-18(3)19(4)26(27(28)20(25)5)22-10-14-24(15-11-22)30-17-7-2/h8-15,29-30H,6-7,16-17H2,1-5H3. The van der Waals surface area contributed by atoms with Crippen LogP contribution in [0.15, 0.2) is 48.5 Å². The van der Waals surface area contributed by atoms with Gasteiger partial charge in [0, 0.05) is 30.0 Å². The second kappa shape index (κ2) is 9.80. The summed E-state index contributed by atoms with van der Waals surface area (Å²) in [5, 5.41) is 6.77. The highest BCUT2D eigenvalue weighted by Gasteiger charge is 2.19. The molecule has 0 aliphatic rings. The Kier molecular flexibility index (Phi) is 7.15. The lowest BCUT2D eigenvalue weighted by Gasteiger charge is -2.19. The van der Waals surface area contributed by atoms with E-state index in [2.05, 4.69) is 55.7 Å². The van der Waals surface area contributed by atoms with Crippen molar-refractivity contribution in [1.82, 2.24) is 0 Å². The first kappa shape index (κ1) is 21.9. The van der Waals surface area contributed by atoms with Gasteiger partial charge in [-0.2, -0.15) is 0 Å². The number of halogens is 1. The topological polar surface area (TPSA) is 24.1 Å². The first-order valence-electron chi connectivity index (χ1n) is 11.0. The first-order chi connectivity index (χ1) is 14.5. The highest BCUT2D eigenvalue weighted by Crippen LogP contribution is 2.39. The van der Waals surface area contributed by atoms with E-state index in [9.17, 15) is 0 Å². The third kappa shape index (κ3) is 4.51. The number of nitrogens with one attached hydrogen (secondary N) is 2. The number of benzene rings is 3. The van der Waals surface area contributed by atoms with Crippen molar-refractivity contribution >= 4 is 11.4 Å². The van der Waals surface area contributed by atoms with Crippen molar-refractivity contribution in [3.8, 4) is 22.3 Å². The van der Waals surface area contributed by atoms with Gasteiger partial charge < -0.3 is 10.6 Å². The molecular weight excluding hydrogens is 371 g/mol. The minimum absolute atomic E-state index is 0.129. The van der Waals surface area contributed by atoms with E-state index in [0.717, 1.165) is 65.1 Å². The Hall–Kier alpha value is -2.81. The smallest absolute Gasteiger partial charge is 0.134 e. The van der Waals surface area contributed by atoms with Gasteiger partial charge >= 0.3 is 0 Å². The first-order valence-corrected chi connectivity index (χ1v) is 11.0. The predicted molar refractivity (Wildman–Crippen MR) is 129 cm³/mol. The molecule has 158 valence electrons. The summed E-state index contributed by atoms with van der Waals surface area (Å²) in [4.78, 5) is 0. The molecule has 0 atom stereocenters. The highest BCUT2D eigenvalue weighted by atomic mass is 19.1. The summed E-state index contributed by atoms with van der Waals surface area (Å²) in [6.07, 6.45) is 2.16. The molecule has 2 N–H and O–H groups in total. The van der Waals surface area contributed by atoms with Crippen LogP contribution >= 0.6 is 0 Å². The lowest BCUT2D eigenvalue weighted by atomic mass is 9.86. The van der Waals surface area contributed by atoms with E-state index >= 15 is 4.39 Å². The molecule has 2 nitrogen and oxygen atoms in total. The largest absolute Gasteiger partial charge is 0.385 e. The zero-order chi connectivity index (χ0) is 21.7. The third-order valence-corrected chi connectivity index (χ3v) is 5.74. The van der Waals surface area contributed by atoms with Crippen LogP contribution in [0, 0.1) is 26.6 Å². The van der Waals surface area contributed by atoms with Crippen molar-refractivity contribution in [2.75, 3.05) is 23.7 Å². The quantitative estimate of drug-likeness (QED) is 0.401. The van der Waals surface area contributed by atoms with Gasteiger partial charge in [0.05, 0.1) is 0 Å². The monoisotopic (exact) mass is 404 g/mol. The summed E-state index contributed by atoms with van der Waals surface area (Å²) in [5.41, 5.74) is 8.68. The highest BCUT2D eigenvalue weighted by molar-refractivity contribution is 5.81. The molecule has 0 saturated heterocycles. The van der Waals surface area contributed by atoms with E-state index in [0.29, 0.717) is 11.1 Å². The average molecular weight is 405 g/mol. The summed E-state index contributed by atoms with van der Waals surface area (Å²) >= 11 is 0. The fourth-order valence-corrected chi connectivity index (χ4v) is 3.94. The summed E-state index contributed by atoms with van der Waals surface area (Å²) in [5.74, 6) is -0.129. The summed E-state index contributed by atoms with van der Waals surface area (Å²) in [7, 11) is 0. The SMILES string of the molecule is CCCNc1ccc(-c2c(C)c(C)c(-c3ccc(NCCC)cc3)c(F)c2C)cc1. The van der Waals surface area contributed by atoms with E-state index in [1.165, 1.54) is 0 Å². The van der Waals surface area contributed by atoms with Gasteiger partial charge in [-0.25, -0.2) is 4.39 Å². The van der Waals surface area contributed by atoms with E-state index in [1.807, 2.05) is 38.1 Å². The molecule has 0 bridgehead atoms. The van der Waals surface area contributed by atoms with Crippen LogP contribution in [0.4, 0.5) is 15.8 Å². The molecule has 0 aromatic heterocycles. The molecule has 30 heavy (non-hydrogen) atoms. The Bertz CT molecular complexity index is 877. The molecule has 0 aliphatic carbocycles. The van der Waals surface area contributed by atoms with Crippen molar-refractivity contribution < 1.29 is 4.39 Å². The summed E-state index contributed by atoms with van der Waals surface area (Å²) < 4.78 is 15.6. The minimum Gasteiger partial charge on any atom is -0.385 e. The Morgan fingerprint density at radius 3 is 1.43 bits per heavy atom. The molecule has 0 spiro atoms. The zero-order valence-electron chi connectivity index (χ0n) is 18.8. The zero-order valence-corrected chi connectivity index (χ0v) is 18.8. The van der Waals surface area contributed by atoms with Crippen LogP contribution in [-0.4, -0.2) is 13.1 Å². The van der Waals surface area contributed by atoms with Gasteiger partial charge in [0.2, 0.25) is 0 Å². The van der Waals surface area contributed by atoms with Crippen molar-refractivity contribution in [3.05, 3.63) is 71.0 Å². The lowest BCUT2D eigenvalue weighted by molar-refractivity contribution is 0.621. The molecule has 0 saturated carbocycles. The molecule has 0 aliphatic heterocycles. The van der Waals surface area contributed by atoms with E-state index in [-0.39, 0.29) is 5.82 Å². The lowest BCUT2D eigenvalue weighted by Crippen LogP contribution is -2.02. The van der Waals surface area contributed by atoms with E-state index in [4.69, 9.17) is 0 Å². The fourth-order valence-electron chi connectivity index (χ4n) is 3.94.